The number of hydrogen-bond acceptors (Lipinski definition) is 1. The predicted octanol–water partition coefficient (Wildman–Crippen LogP) is 2.55. The SMILES string of the molecule is Cc1cc(F)ccc1-n1[nH]c(C(F)F)cc1=O. The number of H-pyrrole nitrogens is 1. The van der Waals surface area contributed by atoms with Gasteiger partial charge in [0, 0.05) is 6.07 Å². The fourth-order valence-corrected chi connectivity index (χ4v) is 1.57. The number of alkyl halides is 2. The van der Waals surface area contributed by atoms with Crippen LogP contribution in [0.3, 0.4) is 0 Å². The molecule has 6 heteroatoms. The van der Waals surface area contributed by atoms with Crippen molar-refractivity contribution in [3.05, 3.63) is 51.7 Å². The van der Waals surface area contributed by atoms with Gasteiger partial charge in [0.15, 0.2) is 0 Å². The van der Waals surface area contributed by atoms with Gasteiger partial charge in [-0.1, -0.05) is 0 Å². The maximum Gasteiger partial charge on any atom is 0.279 e. The molecule has 0 bridgehead atoms. The van der Waals surface area contributed by atoms with Crippen molar-refractivity contribution in [3.8, 4) is 5.69 Å². The van der Waals surface area contributed by atoms with Crippen molar-refractivity contribution in [2.45, 2.75) is 13.3 Å². The topological polar surface area (TPSA) is 37.8 Å². The van der Waals surface area contributed by atoms with Crippen molar-refractivity contribution >= 4 is 0 Å². The summed E-state index contributed by atoms with van der Waals surface area (Å²) in [6.07, 6.45) is -2.75. The molecule has 0 saturated heterocycles. The fourth-order valence-electron chi connectivity index (χ4n) is 1.57. The number of hydrogen-bond donors (Lipinski definition) is 1. The lowest BCUT2D eigenvalue weighted by molar-refractivity contribution is 0.145. The van der Waals surface area contributed by atoms with Crippen LogP contribution in [0.5, 0.6) is 0 Å². The van der Waals surface area contributed by atoms with E-state index in [1.165, 1.54) is 12.1 Å². The van der Waals surface area contributed by atoms with Gasteiger partial charge in [-0.2, -0.15) is 0 Å². The molecule has 0 radical (unpaired) electrons. The highest BCUT2D eigenvalue weighted by Crippen LogP contribution is 2.17. The second-order valence-corrected chi connectivity index (χ2v) is 3.62. The van der Waals surface area contributed by atoms with Crippen molar-refractivity contribution in [1.82, 2.24) is 9.78 Å². The first-order valence-electron chi connectivity index (χ1n) is 4.85. The monoisotopic (exact) mass is 242 g/mol. The van der Waals surface area contributed by atoms with Crippen LogP contribution in [0.2, 0.25) is 0 Å². The zero-order valence-corrected chi connectivity index (χ0v) is 8.88. The lowest BCUT2D eigenvalue weighted by atomic mass is 10.2. The Morgan fingerprint density at radius 3 is 2.53 bits per heavy atom. The summed E-state index contributed by atoms with van der Waals surface area (Å²) in [6, 6.07) is 4.58. The lowest BCUT2D eigenvalue weighted by Gasteiger charge is -2.06. The van der Waals surface area contributed by atoms with Gasteiger partial charge in [0.05, 0.1) is 5.69 Å². The Bertz CT molecular complexity index is 601. The Morgan fingerprint density at radius 1 is 1.29 bits per heavy atom. The number of aromatic nitrogens is 2. The normalized spacial score (nSPS) is 11.1. The Labute approximate surface area is 94.5 Å². The average Bonchev–Trinajstić information content (AvgIpc) is 2.61. The van der Waals surface area contributed by atoms with E-state index in [0.29, 0.717) is 11.3 Å². The van der Waals surface area contributed by atoms with Gasteiger partial charge >= 0.3 is 0 Å². The molecule has 0 saturated carbocycles. The van der Waals surface area contributed by atoms with Crippen LogP contribution in [0, 0.1) is 12.7 Å². The average molecular weight is 242 g/mol. The molecule has 0 spiro atoms. The summed E-state index contributed by atoms with van der Waals surface area (Å²) < 4.78 is 38.6. The molecule has 0 aliphatic carbocycles. The molecule has 1 aromatic carbocycles. The summed E-state index contributed by atoms with van der Waals surface area (Å²) in [4.78, 5) is 11.5. The molecule has 1 N–H and O–H groups in total. The number of benzene rings is 1. The van der Waals surface area contributed by atoms with E-state index in [0.717, 1.165) is 16.8 Å². The number of rotatable bonds is 2. The number of nitrogens with one attached hydrogen (secondary N) is 1. The first kappa shape index (κ1) is 11.5. The molecule has 0 atom stereocenters. The molecule has 2 aromatic rings. The summed E-state index contributed by atoms with van der Waals surface area (Å²) in [5.41, 5.74) is -0.230. The number of nitrogens with zero attached hydrogens (tertiary/aromatic N) is 1. The van der Waals surface area contributed by atoms with Crippen molar-refractivity contribution in [1.29, 1.82) is 0 Å². The summed E-state index contributed by atoms with van der Waals surface area (Å²) in [7, 11) is 0. The summed E-state index contributed by atoms with van der Waals surface area (Å²) in [6.45, 7) is 1.59. The van der Waals surface area contributed by atoms with Crippen LogP contribution in [0.4, 0.5) is 13.2 Å². The minimum absolute atomic E-state index is 0.350. The third kappa shape index (κ3) is 2.11. The first-order valence-corrected chi connectivity index (χ1v) is 4.85. The van der Waals surface area contributed by atoms with Gasteiger partial charge < -0.3 is 0 Å². The largest absolute Gasteiger partial charge is 0.289 e. The minimum atomic E-state index is -2.75. The second-order valence-electron chi connectivity index (χ2n) is 3.62. The highest BCUT2D eigenvalue weighted by Gasteiger charge is 2.14. The van der Waals surface area contributed by atoms with E-state index in [1.54, 1.807) is 6.92 Å². The zero-order valence-electron chi connectivity index (χ0n) is 8.88. The predicted molar refractivity (Wildman–Crippen MR) is 56.0 cm³/mol. The number of aryl methyl sites for hydroxylation is 1. The van der Waals surface area contributed by atoms with Gasteiger partial charge in [-0.25, -0.2) is 17.9 Å². The second kappa shape index (κ2) is 4.12. The van der Waals surface area contributed by atoms with Crippen LogP contribution in [0.15, 0.2) is 29.1 Å². The van der Waals surface area contributed by atoms with Gasteiger partial charge in [0.2, 0.25) is 0 Å². The number of halogens is 3. The van der Waals surface area contributed by atoms with Gasteiger partial charge in [-0.3, -0.25) is 9.89 Å². The molecule has 0 unspecified atom stereocenters. The highest BCUT2D eigenvalue weighted by molar-refractivity contribution is 5.39. The quantitative estimate of drug-likeness (QED) is 0.863. The minimum Gasteiger partial charge on any atom is -0.289 e. The summed E-state index contributed by atoms with van der Waals surface area (Å²) in [5.74, 6) is -0.445. The van der Waals surface area contributed by atoms with E-state index in [1.807, 2.05) is 0 Å². The van der Waals surface area contributed by atoms with Crippen LogP contribution >= 0.6 is 0 Å². The maximum absolute atomic E-state index is 12.9. The van der Waals surface area contributed by atoms with Crippen LogP contribution < -0.4 is 5.56 Å². The fraction of sp³-hybridized carbons (Fsp3) is 0.182. The van der Waals surface area contributed by atoms with Crippen LogP contribution in [0.25, 0.3) is 5.69 Å². The Kier molecular flexibility index (Phi) is 2.79. The molecule has 0 amide bonds. The van der Waals surface area contributed by atoms with Crippen molar-refractivity contribution in [2.24, 2.45) is 0 Å². The van der Waals surface area contributed by atoms with Gasteiger partial charge in [-0.05, 0) is 30.7 Å². The Hall–Kier alpha value is -1.98. The number of aromatic amines is 1. The molecule has 0 fully saturated rings. The lowest BCUT2D eigenvalue weighted by Crippen LogP contribution is -2.14. The Morgan fingerprint density at radius 2 is 2.00 bits per heavy atom. The van der Waals surface area contributed by atoms with E-state index < -0.39 is 23.5 Å². The third-order valence-corrected chi connectivity index (χ3v) is 2.38. The zero-order chi connectivity index (χ0) is 12.6. The van der Waals surface area contributed by atoms with E-state index in [-0.39, 0.29) is 0 Å². The molecular formula is C11H9F3N2O. The van der Waals surface area contributed by atoms with E-state index in [9.17, 15) is 18.0 Å². The van der Waals surface area contributed by atoms with Crippen LogP contribution in [0.1, 0.15) is 17.7 Å². The van der Waals surface area contributed by atoms with Gasteiger partial charge in [-0.15, -0.1) is 0 Å². The van der Waals surface area contributed by atoms with Gasteiger partial charge in [0.25, 0.3) is 12.0 Å². The van der Waals surface area contributed by atoms with Crippen molar-refractivity contribution < 1.29 is 13.2 Å². The molecule has 0 aliphatic heterocycles. The molecule has 1 aromatic heterocycles. The molecule has 0 aliphatic rings. The third-order valence-electron chi connectivity index (χ3n) is 2.38. The smallest absolute Gasteiger partial charge is 0.279 e. The molecule has 2 rings (SSSR count). The van der Waals surface area contributed by atoms with Crippen molar-refractivity contribution in [3.63, 3.8) is 0 Å². The Balaban J connectivity index is 2.57. The molecule has 1 heterocycles. The molecule has 3 nitrogen and oxygen atoms in total. The van der Waals surface area contributed by atoms with E-state index in [2.05, 4.69) is 5.10 Å². The standard InChI is InChI=1S/C11H9F3N2O/c1-6-4-7(12)2-3-9(6)16-10(17)5-8(15-16)11(13)14/h2-5,11,15H,1H3. The van der Waals surface area contributed by atoms with Gasteiger partial charge in [0.1, 0.15) is 11.5 Å². The van der Waals surface area contributed by atoms with Crippen LogP contribution in [-0.4, -0.2) is 9.78 Å². The molecule has 90 valence electrons. The van der Waals surface area contributed by atoms with Crippen molar-refractivity contribution in [2.75, 3.05) is 0 Å². The maximum atomic E-state index is 12.9. The highest BCUT2D eigenvalue weighted by atomic mass is 19.3. The van der Waals surface area contributed by atoms with E-state index >= 15 is 0 Å². The molecule has 17 heavy (non-hydrogen) atoms. The first-order chi connectivity index (χ1) is 7.99. The van der Waals surface area contributed by atoms with Crippen LogP contribution in [-0.2, 0) is 0 Å². The molecular weight excluding hydrogens is 233 g/mol. The summed E-state index contributed by atoms with van der Waals surface area (Å²) >= 11 is 0. The summed E-state index contributed by atoms with van der Waals surface area (Å²) in [5, 5.41) is 2.29. The van der Waals surface area contributed by atoms with E-state index in [4.69, 9.17) is 0 Å².